The van der Waals surface area contributed by atoms with Gasteiger partial charge in [-0.25, -0.2) is 35.1 Å². The second kappa shape index (κ2) is 9.60. The normalized spacial score (nSPS) is 15.9. The van der Waals surface area contributed by atoms with Crippen LogP contribution in [0.25, 0.3) is 11.1 Å². The van der Waals surface area contributed by atoms with Crippen molar-refractivity contribution >= 4 is 0 Å². The van der Waals surface area contributed by atoms with Crippen molar-refractivity contribution in [1.29, 1.82) is 0 Å². The fraction of sp³-hybridized carbons (Fsp3) is 0.154. The molecule has 0 saturated carbocycles. The fourth-order valence-electron chi connectivity index (χ4n) is 3.94. The van der Waals surface area contributed by atoms with Crippen molar-refractivity contribution < 1.29 is 48.6 Å². The molecule has 0 fully saturated rings. The maximum absolute atomic E-state index is 14.8. The van der Waals surface area contributed by atoms with E-state index in [9.17, 15) is 43.9 Å². The third-order valence-electron chi connectivity index (χ3n) is 5.67. The first-order valence-corrected chi connectivity index (χ1v) is 10.5. The number of hydrogen-bond acceptors (Lipinski definition) is 1. The molecule has 1 nitrogen and oxygen atoms in total. The average Bonchev–Trinajstić information content (AvgIpc) is 2.76. The molecule has 11 heteroatoms. The van der Waals surface area contributed by atoms with Gasteiger partial charge in [-0.05, 0) is 54.8 Å². The van der Waals surface area contributed by atoms with Crippen LogP contribution < -0.4 is 4.74 Å². The van der Waals surface area contributed by atoms with Crippen molar-refractivity contribution in [2.45, 2.75) is 25.4 Å². The van der Waals surface area contributed by atoms with E-state index in [2.05, 4.69) is 4.74 Å². The molecular formula is C26H14F10O. The molecule has 194 valence electrons. The maximum atomic E-state index is 14.8. The molecule has 0 spiro atoms. The van der Waals surface area contributed by atoms with Crippen molar-refractivity contribution in [1.82, 2.24) is 0 Å². The summed E-state index contributed by atoms with van der Waals surface area (Å²) in [5, 5.41) is 0. The highest BCUT2D eigenvalue weighted by atomic mass is 19.3. The van der Waals surface area contributed by atoms with Crippen LogP contribution in [-0.2, 0) is 6.11 Å². The summed E-state index contributed by atoms with van der Waals surface area (Å²) in [4.78, 5) is 0. The standard InChI is InChI=1S/C26H14F10O/c1-11-2-3-15(16(27)4-11)12-5-17(28)23(18(29)6-12)13-7-19(30)24(20(31)8-13)26(35,36)37-14-9-21(32)25(34)22(33)10-14/h2,4-10,15H,3H2,1H3/t15-/m1/s1. The van der Waals surface area contributed by atoms with Crippen molar-refractivity contribution in [3.05, 3.63) is 112 Å². The first kappa shape index (κ1) is 26.3. The summed E-state index contributed by atoms with van der Waals surface area (Å²) < 4.78 is 146. The van der Waals surface area contributed by atoms with Crippen LogP contribution in [0.4, 0.5) is 43.9 Å². The van der Waals surface area contributed by atoms with Gasteiger partial charge < -0.3 is 4.74 Å². The zero-order valence-corrected chi connectivity index (χ0v) is 18.6. The summed E-state index contributed by atoms with van der Waals surface area (Å²) >= 11 is 0. The Morgan fingerprint density at radius 1 is 0.730 bits per heavy atom. The Morgan fingerprint density at radius 3 is 1.78 bits per heavy atom. The number of ether oxygens (including phenoxy) is 1. The van der Waals surface area contributed by atoms with Crippen LogP contribution in [0, 0.1) is 40.7 Å². The predicted octanol–water partition coefficient (Wildman–Crippen LogP) is 8.74. The lowest BCUT2D eigenvalue weighted by Crippen LogP contribution is -2.25. The van der Waals surface area contributed by atoms with Gasteiger partial charge in [0.25, 0.3) is 0 Å². The quantitative estimate of drug-likeness (QED) is 0.236. The zero-order chi connectivity index (χ0) is 27.2. The summed E-state index contributed by atoms with van der Waals surface area (Å²) in [6.07, 6.45) is -1.92. The van der Waals surface area contributed by atoms with E-state index in [1.165, 1.54) is 6.08 Å². The van der Waals surface area contributed by atoms with Crippen molar-refractivity contribution in [2.75, 3.05) is 0 Å². The number of hydrogen-bond donors (Lipinski definition) is 0. The molecule has 0 aromatic heterocycles. The molecule has 0 aliphatic heterocycles. The van der Waals surface area contributed by atoms with Gasteiger partial charge >= 0.3 is 6.11 Å². The minimum atomic E-state index is -4.87. The van der Waals surface area contributed by atoms with Crippen LogP contribution in [0.2, 0.25) is 0 Å². The molecular weight excluding hydrogens is 518 g/mol. The first-order chi connectivity index (χ1) is 17.3. The van der Waals surface area contributed by atoms with Gasteiger partial charge in [0.05, 0.1) is 5.56 Å². The van der Waals surface area contributed by atoms with E-state index >= 15 is 0 Å². The van der Waals surface area contributed by atoms with Gasteiger partial charge in [-0.3, -0.25) is 0 Å². The largest absolute Gasteiger partial charge is 0.432 e. The molecule has 0 unspecified atom stereocenters. The number of allylic oxidation sites excluding steroid dienone is 4. The summed E-state index contributed by atoms with van der Waals surface area (Å²) in [6, 6.07) is 2.01. The Labute approximate surface area is 203 Å². The van der Waals surface area contributed by atoms with E-state index in [0.717, 1.165) is 12.1 Å². The number of benzene rings is 3. The molecule has 3 aromatic rings. The molecule has 4 rings (SSSR count). The third kappa shape index (κ3) is 5.07. The molecule has 0 amide bonds. The molecule has 0 saturated heterocycles. The Kier molecular flexibility index (Phi) is 6.83. The minimum Gasteiger partial charge on any atom is -0.429 e. The fourth-order valence-corrected chi connectivity index (χ4v) is 3.94. The summed E-state index contributed by atoms with van der Waals surface area (Å²) in [7, 11) is 0. The van der Waals surface area contributed by atoms with Crippen LogP contribution in [-0.4, -0.2) is 0 Å². The van der Waals surface area contributed by atoms with Crippen molar-refractivity contribution in [2.24, 2.45) is 0 Å². The highest BCUT2D eigenvalue weighted by molar-refractivity contribution is 5.66. The van der Waals surface area contributed by atoms with Gasteiger partial charge in [-0.1, -0.05) is 11.6 Å². The molecule has 0 bridgehead atoms. The minimum absolute atomic E-state index is 0.0320. The second-order valence-electron chi connectivity index (χ2n) is 8.26. The smallest absolute Gasteiger partial charge is 0.429 e. The van der Waals surface area contributed by atoms with Crippen molar-refractivity contribution in [3.63, 3.8) is 0 Å². The Hall–Kier alpha value is -3.76. The lowest BCUT2D eigenvalue weighted by molar-refractivity contribution is -0.189. The van der Waals surface area contributed by atoms with Gasteiger partial charge in [-0.15, -0.1) is 0 Å². The Morgan fingerprint density at radius 2 is 1.27 bits per heavy atom. The van der Waals surface area contributed by atoms with Gasteiger partial charge in [0.2, 0.25) is 0 Å². The van der Waals surface area contributed by atoms with E-state index in [4.69, 9.17) is 0 Å². The van der Waals surface area contributed by atoms with Crippen molar-refractivity contribution in [3.8, 4) is 16.9 Å². The summed E-state index contributed by atoms with van der Waals surface area (Å²) in [5.41, 5.74) is -3.27. The predicted molar refractivity (Wildman–Crippen MR) is 113 cm³/mol. The molecule has 1 atom stereocenters. The highest BCUT2D eigenvalue weighted by Crippen LogP contribution is 2.40. The lowest BCUT2D eigenvalue weighted by Gasteiger charge is -2.21. The molecule has 1 aliphatic carbocycles. The number of alkyl halides is 2. The molecule has 1 aliphatic rings. The zero-order valence-electron chi connectivity index (χ0n) is 18.6. The van der Waals surface area contributed by atoms with Crippen LogP contribution >= 0.6 is 0 Å². The monoisotopic (exact) mass is 532 g/mol. The lowest BCUT2D eigenvalue weighted by atomic mass is 9.88. The Bertz CT molecular complexity index is 1390. The van der Waals surface area contributed by atoms with E-state index in [1.807, 2.05) is 0 Å². The topological polar surface area (TPSA) is 9.23 Å². The number of halogens is 10. The van der Waals surface area contributed by atoms with E-state index < -0.39 is 81.0 Å². The van der Waals surface area contributed by atoms with Gasteiger partial charge in [-0.2, -0.15) is 8.78 Å². The van der Waals surface area contributed by atoms with Crippen LogP contribution in [0.1, 0.15) is 30.4 Å². The van der Waals surface area contributed by atoms with Crippen LogP contribution in [0.5, 0.6) is 5.75 Å². The molecule has 0 heterocycles. The van der Waals surface area contributed by atoms with Crippen LogP contribution in [0.3, 0.4) is 0 Å². The van der Waals surface area contributed by atoms with Crippen LogP contribution in [0.15, 0.2) is 60.0 Å². The first-order valence-electron chi connectivity index (χ1n) is 10.5. The molecule has 0 radical (unpaired) electrons. The molecule has 0 N–H and O–H groups in total. The van der Waals surface area contributed by atoms with Gasteiger partial charge in [0.1, 0.15) is 40.4 Å². The summed E-state index contributed by atoms with van der Waals surface area (Å²) in [6.45, 7) is 1.64. The van der Waals surface area contributed by atoms with Gasteiger partial charge in [0.15, 0.2) is 17.5 Å². The van der Waals surface area contributed by atoms with E-state index in [0.29, 0.717) is 5.57 Å². The molecule has 37 heavy (non-hydrogen) atoms. The van der Waals surface area contributed by atoms with E-state index in [1.54, 1.807) is 13.0 Å². The van der Waals surface area contributed by atoms with E-state index in [-0.39, 0.29) is 36.2 Å². The average molecular weight is 532 g/mol. The second-order valence-corrected chi connectivity index (χ2v) is 8.26. The maximum Gasteiger partial charge on any atom is 0.432 e. The van der Waals surface area contributed by atoms with Gasteiger partial charge in [0, 0.05) is 18.1 Å². The summed E-state index contributed by atoms with van der Waals surface area (Å²) in [5.74, 6) is -15.4. The SMILES string of the molecule is CC1=CC[C@H](c2cc(F)c(-c3cc(F)c(C(F)(F)Oc4cc(F)c(F)c(F)c4)c(F)c3)c(F)c2)C(F)=C1. The Balaban J connectivity index is 1.69. The highest BCUT2D eigenvalue weighted by Gasteiger charge is 2.42. The number of rotatable bonds is 5. The molecule has 3 aromatic carbocycles. The third-order valence-corrected chi connectivity index (χ3v) is 5.67.